The van der Waals surface area contributed by atoms with E-state index in [1.54, 1.807) is 0 Å². The van der Waals surface area contributed by atoms with Crippen molar-refractivity contribution in [2.75, 3.05) is 13.2 Å². The summed E-state index contributed by atoms with van der Waals surface area (Å²) in [5.41, 5.74) is 0. The fourth-order valence-corrected chi connectivity index (χ4v) is 1.05. The minimum absolute atomic E-state index is 0.0659. The van der Waals surface area contributed by atoms with Gasteiger partial charge in [0, 0.05) is 19.9 Å². The van der Waals surface area contributed by atoms with Crippen LogP contribution in [-0.4, -0.2) is 36.1 Å². The molecule has 0 spiro atoms. The smallest absolute Gasteiger partial charge is 0.222 e. The highest BCUT2D eigenvalue weighted by atomic mass is 16.3. The van der Waals surface area contributed by atoms with Crippen LogP contribution in [0, 0.1) is 5.92 Å². The van der Waals surface area contributed by atoms with Gasteiger partial charge in [-0.1, -0.05) is 13.8 Å². The number of aliphatic hydroxyl groups excluding tert-OH is 1. The molecule has 0 saturated carbocycles. The summed E-state index contributed by atoms with van der Waals surface area (Å²) < 4.78 is 0. The van der Waals surface area contributed by atoms with Gasteiger partial charge < -0.3 is 15.7 Å². The van der Waals surface area contributed by atoms with E-state index in [2.05, 4.69) is 10.6 Å². The van der Waals surface area contributed by atoms with Crippen molar-refractivity contribution in [2.45, 2.75) is 33.2 Å². The molecular weight excluding hydrogens is 196 g/mol. The highest BCUT2D eigenvalue weighted by Gasteiger charge is 2.14. The van der Waals surface area contributed by atoms with E-state index < -0.39 is 0 Å². The molecule has 5 nitrogen and oxygen atoms in total. The Morgan fingerprint density at radius 2 is 1.93 bits per heavy atom. The molecule has 0 fully saturated rings. The van der Waals surface area contributed by atoms with Crippen LogP contribution in [0.3, 0.4) is 0 Å². The second kappa shape index (κ2) is 7.23. The van der Waals surface area contributed by atoms with Gasteiger partial charge in [0.25, 0.3) is 0 Å². The Labute approximate surface area is 90.2 Å². The fraction of sp³-hybridized carbons (Fsp3) is 0.800. The van der Waals surface area contributed by atoms with Crippen molar-refractivity contribution in [1.82, 2.24) is 10.6 Å². The summed E-state index contributed by atoms with van der Waals surface area (Å²) >= 11 is 0. The maximum Gasteiger partial charge on any atom is 0.222 e. The number of aliphatic hydroxyl groups is 1. The highest BCUT2D eigenvalue weighted by Crippen LogP contribution is 2.00. The predicted molar refractivity (Wildman–Crippen MR) is 57.2 cm³/mol. The minimum Gasteiger partial charge on any atom is -0.394 e. The zero-order valence-corrected chi connectivity index (χ0v) is 9.54. The van der Waals surface area contributed by atoms with E-state index in [1.807, 2.05) is 13.8 Å². The molecule has 88 valence electrons. The molecule has 0 radical (unpaired) electrons. The quantitative estimate of drug-likeness (QED) is 0.567. The third-order valence-corrected chi connectivity index (χ3v) is 2.07. The molecule has 0 aromatic rings. The van der Waals surface area contributed by atoms with Gasteiger partial charge in [0.2, 0.25) is 11.8 Å². The maximum atomic E-state index is 11.3. The van der Waals surface area contributed by atoms with Crippen molar-refractivity contribution < 1.29 is 14.7 Å². The Kier molecular flexibility index (Phi) is 6.70. The standard InChI is InChI=1S/C10H20N2O3/c1-7(2)9(6-13)12-10(15)4-5-11-8(3)14/h7,9,13H,4-6H2,1-3H3,(H,11,14)(H,12,15)/t9-/m1/s1. The summed E-state index contributed by atoms with van der Waals surface area (Å²) in [6.45, 7) is 5.52. The van der Waals surface area contributed by atoms with Crippen LogP contribution >= 0.6 is 0 Å². The summed E-state index contributed by atoms with van der Waals surface area (Å²) in [7, 11) is 0. The largest absolute Gasteiger partial charge is 0.394 e. The van der Waals surface area contributed by atoms with Gasteiger partial charge in [0.15, 0.2) is 0 Å². The lowest BCUT2D eigenvalue weighted by molar-refractivity contribution is -0.122. The molecule has 0 unspecified atom stereocenters. The monoisotopic (exact) mass is 216 g/mol. The summed E-state index contributed by atoms with van der Waals surface area (Å²) in [5, 5.41) is 14.2. The van der Waals surface area contributed by atoms with Crippen LogP contribution in [-0.2, 0) is 9.59 Å². The number of carbonyl (C=O) groups excluding carboxylic acids is 2. The number of amides is 2. The SMILES string of the molecule is CC(=O)NCCC(=O)N[C@H](CO)C(C)C. The number of rotatable bonds is 6. The molecule has 2 amide bonds. The lowest BCUT2D eigenvalue weighted by Gasteiger charge is -2.19. The van der Waals surface area contributed by atoms with Crippen LogP contribution in [0.4, 0.5) is 0 Å². The lowest BCUT2D eigenvalue weighted by Crippen LogP contribution is -2.42. The first-order valence-electron chi connectivity index (χ1n) is 5.12. The van der Waals surface area contributed by atoms with Gasteiger partial charge in [0.05, 0.1) is 12.6 Å². The first kappa shape index (κ1) is 13.9. The molecule has 0 rings (SSSR count). The molecule has 0 aromatic carbocycles. The Balaban J connectivity index is 3.76. The molecule has 0 saturated heterocycles. The van der Waals surface area contributed by atoms with Crippen LogP contribution in [0.5, 0.6) is 0 Å². The van der Waals surface area contributed by atoms with Crippen LogP contribution in [0.15, 0.2) is 0 Å². The summed E-state index contributed by atoms with van der Waals surface area (Å²) in [5.74, 6) is -0.110. The molecule has 0 aliphatic heterocycles. The molecule has 3 N–H and O–H groups in total. The van der Waals surface area contributed by atoms with Gasteiger partial charge >= 0.3 is 0 Å². The third kappa shape index (κ3) is 6.90. The van der Waals surface area contributed by atoms with E-state index in [0.717, 1.165) is 0 Å². The van der Waals surface area contributed by atoms with Crippen molar-refractivity contribution in [3.05, 3.63) is 0 Å². The number of hydrogen-bond acceptors (Lipinski definition) is 3. The topological polar surface area (TPSA) is 78.4 Å². The van der Waals surface area contributed by atoms with Crippen molar-refractivity contribution in [3.63, 3.8) is 0 Å². The van der Waals surface area contributed by atoms with Crippen LogP contribution in [0.25, 0.3) is 0 Å². The Morgan fingerprint density at radius 1 is 1.33 bits per heavy atom. The van der Waals surface area contributed by atoms with Crippen LogP contribution in [0.1, 0.15) is 27.2 Å². The first-order chi connectivity index (χ1) is 6.97. The predicted octanol–water partition coefficient (Wildman–Crippen LogP) is -0.354. The molecule has 0 aromatic heterocycles. The van der Waals surface area contributed by atoms with E-state index in [1.165, 1.54) is 6.92 Å². The number of hydrogen-bond donors (Lipinski definition) is 3. The Hall–Kier alpha value is -1.10. The van der Waals surface area contributed by atoms with E-state index in [4.69, 9.17) is 5.11 Å². The maximum absolute atomic E-state index is 11.3. The second-order valence-corrected chi connectivity index (χ2v) is 3.83. The average molecular weight is 216 g/mol. The summed E-state index contributed by atoms with van der Waals surface area (Å²) in [4.78, 5) is 21.9. The molecule has 0 heterocycles. The third-order valence-electron chi connectivity index (χ3n) is 2.07. The van der Waals surface area contributed by atoms with Crippen molar-refractivity contribution >= 4 is 11.8 Å². The molecule has 1 atom stereocenters. The lowest BCUT2D eigenvalue weighted by atomic mass is 10.1. The summed E-state index contributed by atoms with van der Waals surface area (Å²) in [6, 6.07) is -0.213. The van der Waals surface area contributed by atoms with Crippen molar-refractivity contribution in [3.8, 4) is 0 Å². The summed E-state index contributed by atoms with van der Waals surface area (Å²) in [6.07, 6.45) is 0.239. The van der Waals surface area contributed by atoms with E-state index in [9.17, 15) is 9.59 Å². The molecule has 0 aliphatic carbocycles. The van der Waals surface area contributed by atoms with E-state index >= 15 is 0 Å². The highest BCUT2D eigenvalue weighted by molar-refractivity contribution is 5.78. The van der Waals surface area contributed by atoms with Gasteiger partial charge in [-0.2, -0.15) is 0 Å². The van der Waals surface area contributed by atoms with Crippen molar-refractivity contribution in [1.29, 1.82) is 0 Å². The van der Waals surface area contributed by atoms with E-state index in [0.29, 0.717) is 6.54 Å². The zero-order valence-electron chi connectivity index (χ0n) is 9.54. The van der Waals surface area contributed by atoms with Gasteiger partial charge in [-0.15, -0.1) is 0 Å². The van der Waals surface area contributed by atoms with Crippen LogP contribution < -0.4 is 10.6 Å². The molecule has 15 heavy (non-hydrogen) atoms. The first-order valence-corrected chi connectivity index (χ1v) is 5.12. The molecule has 0 bridgehead atoms. The zero-order chi connectivity index (χ0) is 11.8. The second-order valence-electron chi connectivity index (χ2n) is 3.83. The van der Waals surface area contributed by atoms with Gasteiger partial charge in [0.1, 0.15) is 0 Å². The minimum atomic E-state index is -0.213. The normalized spacial score (nSPS) is 12.3. The number of nitrogens with one attached hydrogen (secondary N) is 2. The van der Waals surface area contributed by atoms with Gasteiger partial charge in [-0.25, -0.2) is 0 Å². The molecular formula is C10H20N2O3. The Bertz CT molecular complexity index is 217. The van der Waals surface area contributed by atoms with E-state index in [-0.39, 0.29) is 36.8 Å². The fourth-order valence-electron chi connectivity index (χ4n) is 1.05. The molecule has 5 heteroatoms. The van der Waals surface area contributed by atoms with Gasteiger partial charge in [-0.05, 0) is 5.92 Å². The van der Waals surface area contributed by atoms with Crippen molar-refractivity contribution in [2.24, 2.45) is 5.92 Å². The van der Waals surface area contributed by atoms with Gasteiger partial charge in [-0.3, -0.25) is 9.59 Å². The van der Waals surface area contributed by atoms with Crippen LogP contribution in [0.2, 0.25) is 0 Å². The number of carbonyl (C=O) groups is 2. The molecule has 0 aliphatic rings. The Morgan fingerprint density at radius 3 is 2.33 bits per heavy atom. The average Bonchev–Trinajstić information content (AvgIpc) is 2.13.